The van der Waals surface area contributed by atoms with Gasteiger partial charge in [-0.3, -0.25) is 0 Å². The molecule has 0 heterocycles. The third-order valence-electron chi connectivity index (χ3n) is 0.385. The summed E-state index contributed by atoms with van der Waals surface area (Å²) >= 11 is 0. The minimum atomic E-state index is -4.12. The molecule has 0 N–H and O–H groups in total. The van der Waals surface area contributed by atoms with E-state index in [1.807, 2.05) is 33.1 Å². The van der Waals surface area contributed by atoms with Crippen LogP contribution in [0.1, 0.15) is 13.8 Å². The van der Waals surface area contributed by atoms with Gasteiger partial charge in [-0.2, -0.15) is 37.8 Å². The van der Waals surface area contributed by atoms with Crippen LogP contribution in [0.4, 0.5) is 37.8 Å². The first-order valence-electron chi connectivity index (χ1n) is 3.34. The quantitative estimate of drug-likeness (QED) is 0.234. The standard InChI is InChI=1S/C5H9.3F3P.Rh/c1-3-5-4-2;3*1-4(2)3;/h3-5H,1-2H3;;;;. The Kier molecular flexibility index (Phi) is 54.3. The van der Waals surface area contributed by atoms with E-state index in [4.69, 9.17) is 0 Å². The van der Waals surface area contributed by atoms with Crippen LogP contribution < -0.4 is 0 Å². The van der Waals surface area contributed by atoms with Crippen molar-refractivity contribution in [2.75, 3.05) is 0 Å². The maximum absolute atomic E-state index is 9.73. The Balaban J connectivity index is -0.0000000412. The topological polar surface area (TPSA) is 0 Å². The van der Waals surface area contributed by atoms with E-state index < -0.39 is 26.6 Å². The van der Waals surface area contributed by atoms with Gasteiger partial charge in [-0.05, 0) is 19.3 Å². The summed E-state index contributed by atoms with van der Waals surface area (Å²) in [5, 5.41) is 0. The van der Waals surface area contributed by atoms with Crippen molar-refractivity contribution in [2.24, 2.45) is 0 Å². The summed E-state index contributed by atoms with van der Waals surface area (Å²) in [5.74, 6) is 0. The Labute approximate surface area is 117 Å². The molecule has 116 valence electrons. The van der Waals surface area contributed by atoms with E-state index in [2.05, 4.69) is 0 Å². The van der Waals surface area contributed by atoms with E-state index >= 15 is 0 Å². The molecule has 0 aromatic rings. The fourth-order valence-electron chi connectivity index (χ4n) is 0.192. The molecule has 0 rings (SSSR count). The first-order chi connectivity index (χ1) is 7.61. The zero-order chi connectivity index (χ0) is 14.9. The monoisotopic (exact) mass is 436 g/mol. The average molecular weight is 436 g/mol. The van der Waals surface area contributed by atoms with Gasteiger partial charge in [0.1, 0.15) is 0 Å². The summed E-state index contributed by atoms with van der Waals surface area (Å²) in [6.07, 6.45) is 6.00. The SMILES string of the molecule is C[CH][CH][CH]C.FP(F)F.FP(F)F.FP(F)F.[Rh]. The van der Waals surface area contributed by atoms with E-state index in [9.17, 15) is 37.8 Å². The third-order valence-corrected chi connectivity index (χ3v) is 0.385. The van der Waals surface area contributed by atoms with Crippen LogP contribution in [0.3, 0.4) is 0 Å². The van der Waals surface area contributed by atoms with Gasteiger partial charge in [0, 0.05) is 19.5 Å². The molecule has 0 amide bonds. The molecule has 0 bridgehead atoms. The van der Waals surface area contributed by atoms with E-state index in [-0.39, 0.29) is 19.5 Å². The molecule has 0 saturated heterocycles. The van der Waals surface area contributed by atoms with Crippen LogP contribution in [0.25, 0.3) is 0 Å². The van der Waals surface area contributed by atoms with Gasteiger partial charge >= 0.3 is 26.6 Å². The maximum Gasteiger partial charge on any atom is 0.456 e. The Morgan fingerprint density at radius 1 is 0.556 bits per heavy atom. The molecule has 0 aromatic carbocycles. The van der Waals surface area contributed by atoms with Gasteiger partial charge in [0.05, 0.1) is 0 Å². The van der Waals surface area contributed by atoms with Crippen molar-refractivity contribution < 1.29 is 57.3 Å². The van der Waals surface area contributed by atoms with E-state index in [0.717, 1.165) is 0 Å². The molecule has 0 nitrogen and oxygen atoms in total. The smallest absolute Gasteiger partial charge is 0.152 e. The predicted octanol–water partition coefficient (Wildman–Crippen LogP) is 8.00. The first kappa shape index (κ1) is 31.6. The molecule has 0 spiro atoms. The average Bonchev–Trinajstić information content (AvgIpc) is 2.01. The molecule has 4 radical (unpaired) electrons. The van der Waals surface area contributed by atoms with E-state index in [0.29, 0.717) is 0 Å². The molecule has 0 saturated carbocycles. The Morgan fingerprint density at radius 2 is 0.667 bits per heavy atom. The van der Waals surface area contributed by atoms with Crippen molar-refractivity contribution in [1.29, 1.82) is 0 Å². The van der Waals surface area contributed by atoms with Gasteiger partial charge in [-0.25, -0.2) is 0 Å². The molecule has 0 atom stereocenters. The Morgan fingerprint density at radius 3 is 0.667 bits per heavy atom. The minimum Gasteiger partial charge on any atom is -0.152 e. The molecular weight excluding hydrogens is 427 g/mol. The van der Waals surface area contributed by atoms with Crippen LogP contribution in [0.15, 0.2) is 0 Å². The molecule has 0 aliphatic heterocycles. The molecule has 0 unspecified atom stereocenters. The number of hydrogen-bond acceptors (Lipinski definition) is 0. The maximum atomic E-state index is 9.73. The number of rotatable bonds is 2. The molecule has 0 fully saturated rings. The summed E-state index contributed by atoms with van der Waals surface area (Å²) in [7, 11) is -12.4. The van der Waals surface area contributed by atoms with Gasteiger partial charge in [0.15, 0.2) is 0 Å². The number of hydrogen-bond donors (Lipinski definition) is 0. The fourth-order valence-corrected chi connectivity index (χ4v) is 0.192. The fraction of sp³-hybridized carbons (Fsp3) is 0.400. The van der Waals surface area contributed by atoms with Crippen LogP contribution in [-0.4, -0.2) is 0 Å². The van der Waals surface area contributed by atoms with Gasteiger partial charge < -0.3 is 0 Å². The summed E-state index contributed by atoms with van der Waals surface area (Å²) < 4.78 is 87.6. The van der Waals surface area contributed by atoms with Gasteiger partial charge in [0.2, 0.25) is 0 Å². The summed E-state index contributed by atoms with van der Waals surface area (Å²) in [6, 6.07) is 0. The summed E-state index contributed by atoms with van der Waals surface area (Å²) in [5.41, 5.74) is 0. The largest absolute Gasteiger partial charge is 0.456 e. The van der Waals surface area contributed by atoms with Crippen LogP contribution in [-0.2, 0) is 19.5 Å². The van der Waals surface area contributed by atoms with E-state index in [1.165, 1.54) is 0 Å². The Bertz CT molecular complexity index is 85.7. The van der Waals surface area contributed by atoms with Crippen molar-refractivity contribution in [3.63, 3.8) is 0 Å². The van der Waals surface area contributed by atoms with E-state index in [1.54, 1.807) is 0 Å². The Hall–Kier alpha value is 1.28. The third kappa shape index (κ3) is 425. The van der Waals surface area contributed by atoms with Crippen molar-refractivity contribution in [1.82, 2.24) is 0 Å². The van der Waals surface area contributed by atoms with Gasteiger partial charge in [-0.15, -0.1) is 0 Å². The second-order valence-corrected chi connectivity index (χ2v) is 2.58. The molecular formula is C5H9F9P3Rh. The molecule has 18 heavy (non-hydrogen) atoms. The molecule has 0 aliphatic carbocycles. The van der Waals surface area contributed by atoms with Crippen LogP contribution in [0.2, 0.25) is 0 Å². The van der Waals surface area contributed by atoms with Gasteiger partial charge in [-0.1, -0.05) is 13.8 Å². The van der Waals surface area contributed by atoms with Crippen molar-refractivity contribution in [2.45, 2.75) is 13.8 Å². The van der Waals surface area contributed by atoms with Crippen LogP contribution in [0.5, 0.6) is 0 Å². The minimum absolute atomic E-state index is 0. The zero-order valence-electron chi connectivity index (χ0n) is 8.81. The first-order valence-corrected chi connectivity index (χ1v) is 6.39. The summed E-state index contributed by atoms with van der Waals surface area (Å²) in [6.45, 7) is 4.00. The van der Waals surface area contributed by atoms with Crippen molar-refractivity contribution >= 4 is 26.6 Å². The van der Waals surface area contributed by atoms with Crippen molar-refractivity contribution in [3.8, 4) is 0 Å². The van der Waals surface area contributed by atoms with Crippen LogP contribution >= 0.6 is 26.6 Å². The second kappa shape index (κ2) is 31.0. The number of unbranched alkanes of at least 4 members (excludes halogenated alkanes) is 2. The molecule has 0 aromatic heterocycles. The normalized spacial score (nSPS) is 8.33. The van der Waals surface area contributed by atoms with Crippen LogP contribution in [0, 0.1) is 19.3 Å². The molecule has 13 heteroatoms. The second-order valence-electron chi connectivity index (χ2n) is 1.43. The van der Waals surface area contributed by atoms with Gasteiger partial charge in [0.25, 0.3) is 0 Å². The van der Waals surface area contributed by atoms with Crippen molar-refractivity contribution in [3.05, 3.63) is 19.3 Å². The summed E-state index contributed by atoms with van der Waals surface area (Å²) in [4.78, 5) is 0. The number of halogens is 9. The molecule has 0 aliphatic rings. The zero-order valence-corrected chi connectivity index (χ0v) is 13.1. The predicted molar refractivity (Wildman–Crippen MR) is 55.0 cm³/mol.